The van der Waals surface area contributed by atoms with Gasteiger partial charge in [-0.05, 0) is 32.9 Å². The van der Waals surface area contributed by atoms with Crippen molar-refractivity contribution in [3.05, 3.63) is 47.3 Å². The van der Waals surface area contributed by atoms with Crippen LogP contribution in [0.4, 0.5) is 19.3 Å². The number of ether oxygens (including phenoxy) is 1. The topological polar surface area (TPSA) is 88.5 Å². The molecule has 0 radical (unpaired) electrons. The third kappa shape index (κ3) is 4.59. The summed E-state index contributed by atoms with van der Waals surface area (Å²) < 4.78 is 33.4. The van der Waals surface area contributed by atoms with Crippen molar-refractivity contribution in [2.45, 2.75) is 45.4 Å². The van der Waals surface area contributed by atoms with Crippen molar-refractivity contribution < 1.29 is 23.1 Å². The lowest BCUT2D eigenvalue weighted by Gasteiger charge is -2.34. The van der Waals surface area contributed by atoms with Crippen LogP contribution < -0.4 is 10.6 Å². The molecule has 0 fully saturated rings. The van der Waals surface area contributed by atoms with Crippen LogP contribution in [0.2, 0.25) is 0 Å². The first-order valence-electron chi connectivity index (χ1n) is 9.50. The quantitative estimate of drug-likeness (QED) is 0.777. The van der Waals surface area contributed by atoms with E-state index < -0.39 is 23.2 Å². The average Bonchev–Trinajstić information content (AvgIpc) is 3.06. The Balaban J connectivity index is 1.77. The van der Waals surface area contributed by atoms with Gasteiger partial charge in [0.15, 0.2) is 11.6 Å². The Morgan fingerprint density at radius 1 is 1.30 bits per heavy atom. The molecule has 1 aliphatic rings. The number of urea groups is 1. The highest BCUT2D eigenvalue weighted by atomic mass is 19.2. The Bertz CT molecular complexity index is 960. The Morgan fingerprint density at radius 2 is 2.03 bits per heavy atom. The van der Waals surface area contributed by atoms with Crippen LogP contribution in [0.5, 0.6) is 0 Å². The number of rotatable bonds is 5. The van der Waals surface area contributed by atoms with E-state index in [0.29, 0.717) is 24.4 Å². The van der Waals surface area contributed by atoms with Crippen LogP contribution in [0.3, 0.4) is 0 Å². The molecule has 0 saturated carbocycles. The van der Waals surface area contributed by atoms with E-state index in [1.165, 1.54) is 17.2 Å². The van der Waals surface area contributed by atoms with Crippen molar-refractivity contribution in [1.82, 2.24) is 20.0 Å². The standard InChI is InChI=1S/C20H25F2N5O3/c1-12-9-27-17(14(8-23-27)18(28)25-20(2,3)11-30-4)10-26(12)19(29)24-13-5-6-15(21)16(22)7-13/h5-8,12H,9-11H2,1-4H3,(H,24,29)(H,25,28)/t12-/m0/s1. The molecule has 3 amide bonds. The maximum Gasteiger partial charge on any atom is 0.322 e. The van der Waals surface area contributed by atoms with Crippen molar-refractivity contribution in [3.8, 4) is 0 Å². The number of carbonyl (C=O) groups is 2. The highest BCUT2D eigenvalue weighted by molar-refractivity contribution is 5.96. The van der Waals surface area contributed by atoms with Crippen molar-refractivity contribution in [2.75, 3.05) is 19.0 Å². The van der Waals surface area contributed by atoms with Crippen LogP contribution in [0.1, 0.15) is 36.8 Å². The smallest absolute Gasteiger partial charge is 0.322 e. The summed E-state index contributed by atoms with van der Waals surface area (Å²) in [7, 11) is 1.56. The Morgan fingerprint density at radius 3 is 2.70 bits per heavy atom. The fourth-order valence-electron chi connectivity index (χ4n) is 3.40. The molecule has 0 unspecified atom stereocenters. The number of nitrogens with zero attached hydrogens (tertiary/aromatic N) is 3. The molecule has 1 aromatic heterocycles. The molecule has 0 saturated heterocycles. The van der Waals surface area contributed by atoms with Crippen molar-refractivity contribution in [2.24, 2.45) is 0 Å². The second-order valence-corrected chi connectivity index (χ2v) is 7.99. The molecule has 2 aromatic rings. The predicted octanol–water partition coefficient (Wildman–Crippen LogP) is 2.75. The molecule has 8 nitrogen and oxygen atoms in total. The number of carbonyl (C=O) groups excluding carboxylic acids is 2. The fourth-order valence-corrected chi connectivity index (χ4v) is 3.40. The summed E-state index contributed by atoms with van der Waals surface area (Å²) in [6.45, 7) is 6.40. The van der Waals surface area contributed by atoms with E-state index in [0.717, 1.165) is 12.1 Å². The highest BCUT2D eigenvalue weighted by Crippen LogP contribution is 2.23. The van der Waals surface area contributed by atoms with Gasteiger partial charge in [0.1, 0.15) is 0 Å². The molecular weight excluding hydrogens is 396 g/mol. The summed E-state index contributed by atoms with van der Waals surface area (Å²) in [5.74, 6) is -2.35. The van der Waals surface area contributed by atoms with Crippen LogP contribution in [0, 0.1) is 11.6 Å². The molecule has 3 rings (SSSR count). The molecule has 30 heavy (non-hydrogen) atoms. The van der Waals surface area contributed by atoms with Crippen molar-refractivity contribution in [1.29, 1.82) is 0 Å². The number of hydrogen-bond donors (Lipinski definition) is 2. The van der Waals surface area contributed by atoms with E-state index in [2.05, 4.69) is 15.7 Å². The summed E-state index contributed by atoms with van der Waals surface area (Å²) in [5, 5.41) is 9.75. The van der Waals surface area contributed by atoms with E-state index >= 15 is 0 Å². The van der Waals surface area contributed by atoms with Gasteiger partial charge in [-0.3, -0.25) is 9.48 Å². The number of benzene rings is 1. The lowest BCUT2D eigenvalue weighted by molar-refractivity contribution is 0.0815. The highest BCUT2D eigenvalue weighted by Gasteiger charge is 2.32. The SMILES string of the molecule is COCC(C)(C)NC(=O)c1cnn2c1CN(C(=O)Nc1ccc(F)c(F)c1)[C@@H](C)C2. The van der Waals surface area contributed by atoms with Crippen LogP contribution in [-0.2, 0) is 17.8 Å². The van der Waals surface area contributed by atoms with Crippen molar-refractivity contribution in [3.63, 3.8) is 0 Å². The van der Waals surface area contributed by atoms with Gasteiger partial charge in [0.25, 0.3) is 5.91 Å². The molecule has 0 aliphatic carbocycles. The lowest BCUT2D eigenvalue weighted by atomic mass is 10.1. The number of nitrogens with one attached hydrogen (secondary N) is 2. The number of amides is 3. The zero-order valence-electron chi connectivity index (χ0n) is 17.3. The maximum absolute atomic E-state index is 13.4. The maximum atomic E-state index is 13.4. The van der Waals surface area contributed by atoms with Gasteiger partial charge in [-0.1, -0.05) is 0 Å². The largest absolute Gasteiger partial charge is 0.382 e. The average molecular weight is 421 g/mol. The van der Waals surface area contributed by atoms with Crippen LogP contribution >= 0.6 is 0 Å². The fraction of sp³-hybridized carbons (Fsp3) is 0.450. The summed E-state index contributed by atoms with van der Waals surface area (Å²) >= 11 is 0. The van der Waals surface area contributed by atoms with Crippen LogP contribution in [0.15, 0.2) is 24.4 Å². The van der Waals surface area contributed by atoms with Gasteiger partial charge < -0.3 is 20.3 Å². The van der Waals surface area contributed by atoms with Gasteiger partial charge in [0.05, 0.1) is 48.7 Å². The predicted molar refractivity (Wildman–Crippen MR) is 106 cm³/mol. The first-order chi connectivity index (χ1) is 14.1. The number of halogens is 2. The first-order valence-corrected chi connectivity index (χ1v) is 9.50. The van der Waals surface area contributed by atoms with Gasteiger partial charge in [0.2, 0.25) is 0 Å². The number of methoxy groups -OCH3 is 1. The number of hydrogen-bond acceptors (Lipinski definition) is 4. The molecule has 0 bridgehead atoms. The molecular formula is C20H25F2N5O3. The van der Waals surface area contributed by atoms with Gasteiger partial charge in [-0.2, -0.15) is 5.10 Å². The molecule has 2 N–H and O–H groups in total. The molecule has 162 valence electrons. The van der Waals surface area contributed by atoms with Crippen LogP contribution in [0.25, 0.3) is 0 Å². The summed E-state index contributed by atoms with van der Waals surface area (Å²) in [6.07, 6.45) is 1.48. The number of anilines is 1. The second-order valence-electron chi connectivity index (χ2n) is 7.99. The zero-order valence-corrected chi connectivity index (χ0v) is 17.3. The first kappa shape index (κ1) is 21.7. The molecule has 1 aromatic carbocycles. The molecule has 1 aliphatic heterocycles. The monoisotopic (exact) mass is 421 g/mol. The summed E-state index contributed by atoms with van der Waals surface area (Å²) in [5.41, 5.74) is 0.534. The minimum Gasteiger partial charge on any atom is -0.382 e. The minimum absolute atomic E-state index is 0.143. The Kier molecular flexibility index (Phi) is 6.06. The van der Waals surface area contributed by atoms with Gasteiger partial charge >= 0.3 is 6.03 Å². The molecule has 10 heteroatoms. The summed E-state index contributed by atoms with van der Waals surface area (Å²) in [6, 6.07) is 2.45. The number of aromatic nitrogens is 2. The minimum atomic E-state index is -1.05. The van der Waals surface area contributed by atoms with E-state index in [-0.39, 0.29) is 24.2 Å². The second kappa shape index (κ2) is 8.39. The Hall–Kier alpha value is -3.01. The van der Waals surface area contributed by atoms with Gasteiger partial charge in [0, 0.05) is 18.9 Å². The number of fused-ring (bicyclic) bond motifs is 1. The van der Waals surface area contributed by atoms with Gasteiger partial charge in [-0.15, -0.1) is 0 Å². The molecule has 1 atom stereocenters. The van der Waals surface area contributed by atoms with Crippen LogP contribution in [-0.4, -0.2) is 51.9 Å². The van der Waals surface area contributed by atoms with Crippen molar-refractivity contribution >= 4 is 17.6 Å². The third-order valence-electron chi connectivity index (χ3n) is 4.87. The van der Waals surface area contributed by atoms with E-state index in [1.54, 1.807) is 11.8 Å². The third-order valence-corrected chi connectivity index (χ3v) is 4.87. The zero-order chi connectivity index (χ0) is 22.1. The lowest BCUT2D eigenvalue weighted by Crippen LogP contribution is -2.49. The van der Waals surface area contributed by atoms with Gasteiger partial charge in [-0.25, -0.2) is 13.6 Å². The molecule has 2 heterocycles. The molecule has 0 spiro atoms. The van der Waals surface area contributed by atoms with E-state index in [1.807, 2.05) is 20.8 Å². The van der Waals surface area contributed by atoms with E-state index in [9.17, 15) is 18.4 Å². The summed E-state index contributed by atoms with van der Waals surface area (Å²) in [4.78, 5) is 27.0. The van der Waals surface area contributed by atoms with E-state index in [4.69, 9.17) is 4.74 Å². The Labute approximate surface area is 173 Å². The normalized spacial score (nSPS) is 16.2.